The molecule has 5 rings (SSSR count). The monoisotopic (exact) mass is 532 g/mol. The van der Waals surface area contributed by atoms with E-state index in [4.69, 9.17) is 4.98 Å². The Balaban J connectivity index is 1.76. The number of aromatic nitrogens is 3. The van der Waals surface area contributed by atoms with Gasteiger partial charge in [-0.05, 0) is 32.0 Å². The van der Waals surface area contributed by atoms with E-state index in [1.54, 1.807) is 49.8 Å². The van der Waals surface area contributed by atoms with Crippen molar-refractivity contribution >= 4 is 44.2 Å². The lowest BCUT2D eigenvalue weighted by Gasteiger charge is -2.14. The van der Waals surface area contributed by atoms with Crippen LogP contribution in [0.5, 0.6) is 0 Å². The van der Waals surface area contributed by atoms with Crippen molar-refractivity contribution in [2.75, 3.05) is 17.8 Å². The van der Waals surface area contributed by atoms with Gasteiger partial charge in [-0.2, -0.15) is 5.10 Å². The van der Waals surface area contributed by atoms with E-state index in [9.17, 15) is 22.8 Å². The van der Waals surface area contributed by atoms with Gasteiger partial charge in [0.25, 0.3) is 11.8 Å². The number of hydrogen-bond donors (Lipinski definition) is 0. The molecule has 0 radical (unpaired) electrons. The molecule has 0 bridgehead atoms. The van der Waals surface area contributed by atoms with E-state index in [0.29, 0.717) is 33.8 Å². The number of rotatable bonds is 6. The number of sulfone groups is 1. The molecule has 11 heteroatoms. The Kier molecular flexibility index (Phi) is 6.10. The Morgan fingerprint density at radius 1 is 1.00 bits per heavy atom. The van der Waals surface area contributed by atoms with Crippen molar-refractivity contribution in [1.82, 2.24) is 14.8 Å². The number of pyridine rings is 1. The third-order valence-corrected chi connectivity index (χ3v) is 8.41. The van der Waals surface area contributed by atoms with Crippen LogP contribution >= 0.6 is 0 Å². The van der Waals surface area contributed by atoms with E-state index in [1.165, 1.54) is 25.3 Å². The van der Waals surface area contributed by atoms with Crippen molar-refractivity contribution in [3.63, 3.8) is 0 Å². The van der Waals surface area contributed by atoms with Crippen molar-refractivity contribution in [2.24, 2.45) is 7.05 Å². The van der Waals surface area contributed by atoms with Gasteiger partial charge < -0.3 is 4.74 Å². The summed E-state index contributed by atoms with van der Waals surface area (Å²) in [6, 6.07) is 13.3. The minimum atomic E-state index is -3.90. The van der Waals surface area contributed by atoms with E-state index in [1.807, 2.05) is 6.07 Å². The fraction of sp³-hybridized carbons (Fsp3) is 0.222. The van der Waals surface area contributed by atoms with Gasteiger partial charge in [-0.15, -0.1) is 0 Å². The lowest BCUT2D eigenvalue weighted by atomic mass is 9.98. The first-order valence-electron chi connectivity index (χ1n) is 11.8. The van der Waals surface area contributed by atoms with Crippen LogP contribution in [-0.2, 0) is 26.4 Å². The topological polar surface area (TPSA) is 129 Å². The normalized spacial score (nSPS) is 13.3. The van der Waals surface area contributed by atoms with Crippen LogP contribution in [0, 0.1) is 13.8 Å². The zero-order valence-electron chi connectivity index (χ0n) is 21.2. The van der Waals surface area contributed by atoms with Gasteiger partial charge in [0.05, 0.1) is 63.6 Å². The molecule has 0 saturated heterocycles. The molecule has 2 aromatic carbocycles. The van der Waals surface area contributed by atoms with Gasteiger partial charge in [-0.25, -0.2) is 18.3 Å². The Labute approximate surface area is 218 Å². The molecule has 38 heavy (non-hydrogen) atoms. The SMILES string of the molecule is COC(=O)CCS(=O)(=O)c1ccc2nc(-c3ccccc3)c3c(c2c1)C(=O)N(c1c(C)nn(C)c1C)C3=O. The molecule has 0 atom stereocenters. The molecule has 3 heterocycles. The lowest BCUT2D eigenvalue weighted by Crippen LogP contribution is -2.30. The number of hydrogen-bond acceptors (Lipinski definition) is 8. The van der Waals surface area contributed by atoms with Crippen molar-refractivity contribution in [3.8, 4) is 11.3 Å². The highest BCUT2D eigenvalue weighted by Crippen LogP contribution is 2.40. The summed E-state index contributed by atoms with van der Waals surface area (Å²) in [6.07, 6.45) is -0.315. The molecule has 4 aromatic rings. The predicted molar refractivity (Wildman–Crippen MR) is 140 cm³/mol. The highest BCUT2D eigenvalue weighted by molar-refractivity contribution is 7.91. The Morgan fingerprint density at radius 2 is 1.68 bits per heavy atom. The number of amides is 2. The van der Waals surface area contributed by atoms with Gasteiger partial charge in [-0.1, -0.05) is 30.3 Å². The maximum absolute atomic E-state index is 14.0. The standard InChI is InChI=1S/C27H24N4O6S/c1-15-25(16(2)30(3)29-15)31-26(33)22-19-14-18(38(35,36)13-12-21(32)37-4)10-11-20(19)28-24(23(22)27(31)34)17-8-6-5-7-9-17/h5-11,14H,12-13H2,1-4H3. The number of anilines is 1. The van der Waals surface area contributed by atoms with Crippen molar-refractivity contribution in [2.45, 2.75) is 25.2 Å². The van der Waals surface area contributed by atoms with Crippen molar-refractivity contribution < 1.29 is 27.5 Å². The van der Waals surface area contributed by atoms with Gasteiger partial charge >= 0.3 is 5.97 Å². The quantitative estimate of drug-likeness (QED) is 0.273. The van der Waals surface area contributed by atoms with Crippen molar-refractivity contribution in [1.29, 1.82) is 0 Å². The zero-order valence-corrected chi connectivity index (χ0v) is 22.0. The number of carbonyl (C=O) groups excluding carboxylic acids is 3. The molecule has 10 nitrogen and oxygen atoms in total. The van der Waals surface area contributed by atoms with Crippen LogP contribution in [0.2, 0.25) is 0 Å². The molecule has 2 amide bonds. The molecule has 194 valence electrons. The summed E-state index contributed by atoms with van der Waals surface area (Å²) >= 11 is 0. The van der Waals surface area contributed by atoms with Gasteiger partial charge in [0.2, 0.25) is 0 Å². The molecular formula is C27H24N4O6S. The van der Waals surface area contributed by atoms with Crippen LogP contribution in [0.3, 0.4) is 0 Å². The maximum atomic E-state index is 14.0. The Hall–Kier alpha value is -4.38. The first-order chi connectivity index (χ1) is 18.0. The average Bonchev–Trinajstić information content (AvgIpc) is 3.31. The lowest BCUT2D eigenvalue weighted by molar-refractivity contribution is -0.140. The smallest absolute Gasteiger partial charge is 0.306 e. The second kappa shape index (κ2) is 9.18. The number of methoxy groups -OCH3 is 1. The van der Waals surface area contributed by atoms with E-state index in [0.717, 1.165) is 4.90 Å². The van der Waals surface area contributed by atoms with Gasteiger partial charge in [0.1, 0.15) is 0 Å². The molecule has 1 aliphatic heterocycles. The average molecular weight is 533 g/mol. The predicted octanol–water partition coefficient (Wildman–Crippen LogP) is 3.39. The summed E-state index contributed by atoms with van der Waals surface area (Å²) in [5.41, 5.74) is 3.01. The van der Waals surface area contributed by atoms with Crippen LogP contribution < -0.4 is 4.90 Å². The summed E-state index contributed by atoms with van der Waals surface area (Å²) in [5.74, 6) is -2.26. The number of fused-ring (bicyclic) bond motifs is 3. The molecular weight excluding hydrogens is 508 g/mol. The third kappa shape index (κ3) is 3.95. The first kappa shape index (κ1) is 25.3. The zero-order chi connectivity index (χ0) is 27.4. The maximum Gasteiger partial charge on any atom is 0.306 e. The highest BCUT2D eigenvalue weighted by atomic mass is 32.2. The van der Waals surface area contributed by atoms with Crippen LogP contribution in [-0.4, -0.2) is 53.8 Å². The second-order valence-corrected chi connectivity index (χ2v) is 11.1. The largest absolute Gasteiger partial charge is 0.469 e. The van der Waals surface area contributed by atoms with Gasteiger partial charge in [0, 0.05) is 18.0 Å². The van der Waals surface area contributed by atoms with E-state index >= 15 is 0 Å². The Morgan fingerprint density at radius 3 is 2.32 bits per heavy atom. The molecule has 0 N–H and O–H groups in total. The second-order valence-electron chi connectivity index (χ2n) is 8.99. The number of ether oxygens (including phenoxy) is 1. The number of benzene rings is 2. The highest BCUT2D eigenvalue weighted by Gasteiger charge is 2.43. The van der Waals surface area contributed by atoms with Crippen LogP contribution in [0.25, 0.3) is 22.2 Å². The Bertz CT molecular complexity index is 1760. The minimum Gasteiger partial charge on any atom is -0.469 e. The van der Waals surface area contributed by atoms with Crippen LogP contribution in [0.15, 0.2) is 53.4 Å². The summed E-state index contributed by atoms with van der Waals surface area (Å²) in [7, 11) is -0.986. The summed E-state index contributed by atoms with van der Waals surface area (Å²) < 4.78 is 32.2. The molecule has 0 aliphatic carbocycles. The molecule has 0 unspecified atom stereocenters. The van der Waals surface area contributed by atoms with E-state index < -0.39 is 33.4 Å². The molecule has 2 aromatic heterocycles. The number of carbonyl (C=O) groups is 3. The summed E-state index contributed by atoms with van der Waals surface area (Å²) in [6.45, 7) is 3.48. The summed E-state index contributed by atoms with van der Waals surface area (Å²) in [4.78, 5) is 45.1. The first-order valence-corrected chi connectivity index (χ1v) is 13.4. The molecule has 0 spiro atoms. The number of nitrogens with zero attached hydrogens (tertiary/aromatic N) is 4. The molecule has 1 aliphatic rings. The van der Waals surface area contributed by atoms with E-state index in [-0.39, 0.29) is 27.8 Å². The summed E-state index contributed by atoms with van der Waals surface area (Å²) in [5, 5.41) is 4.59. The van der Waals surface area contributed by atoms with Gasteiger partial charge in [0.15, 0.2) is 9.84 Å². The number of imide groups is 1. The van der Waals surface area contributed by atoms with Gasteiger partial charge in [-0.3, -0.25) is 19.1 Å². The number of esters is 1. The molecule has 0 fully saturated rings. The fourth-order valence-corrected chi connectivity index (χ4v) is 5.96. The molecule has 0 saturated carbocycles. The van der Waals surface area contributed by atoms with Crippen LogP contribution in [0.1, 0.15) is 38.5 Å². The minimum absolute atomic E-state index is 0.0755. The third-order valence-electron chi connectivity index (χ3n) is 6.69. The number of aryl methyl sites for hydroxylation is 2. The fourth-order valence-electron chi connectivity index (χ4n) is 4.71. The van der Waals surface area contributed by atoms with Crippen molar-refractivity contribution in [3.05, 3.63) is 71.0 Å². The van der Waals surface area contributed by atoms with Crippen LogP contribution in [0.4, 0.5) is 5.69 Å². The van der Waals surface area contributed by atoms with E-state index in [2.05, 4.69) is 9.84 Å².